The summed E-state index contributed by atoms with van der Waals surface area (Å²) in [5.41, 5.74) is 0.689. The van der Waals surface area contributed by atoms with Gasteiger partial charge in [-0.05, 0) is 70.2 Å². The first kappa shape index (κ1) is 31.3. The fourth-order valence-corrected chi connectivity index (χ4v) is 4.12. The third kappa shape index (κ3) is 11.3. The predicted octanol–water partition coefficient (Wildman–Crippen LogP) is 6.02. The first-order valence-corrected chi connectivity index (χ1v) is 13.6. The summed E-state index contributed by atoms with van der Waals surface area (Å²) in [7, 11) is 4.03. The van der Waals surface area contributed by atoms with Gasteiger partial charge in [0.15, 0.2) is 0 Å². The Hall–Kier alpha value is -2.87. The first-order valence-electron chi connectivity index (χ1n) is 12.9. The number of amides is 2. The zero-order chi connectivity index (χ0) is 27.9. The lowest BCUT2D eigenvalue weighted by Gasteiger charge is -2.39. The van der Waals surface area contributed by atoms with Crippen LogP contribution in [0, 0.1) is 5.92 Å². The van der Waals surface area contributed by atoms with E-state index in [-0.39, 0.29) is 17.7 Å². The second kappa shape index (κ2) is 16.9. The van der Waals surface area contributed by atoms with Gasteiger partial charge in [-0.15, -0.1) is 6.58 Å². The third-order valence-electron chi connectivity index (χ3n) is 5.83. The van der Waals surface area contributed by atoms with E-state index < -0.39 is 0 Å². The van der Waals surface area contributed by atoms with Crippen molar-refractivity contribution in [3.8, 4) is 0 Å². The molecule has 1 saturated heterocycles. The van der Waals surface area contributed by atoms with Crippen molar-refractivity contribution in [2.24, 2.45) is 11.0 Å². The molecule has 2 amide bonds. The minimum atomic E-state index is -0.170. The van der Waals surface area contributed by atoms with Gasteiger partial charge in [-0.3, -0.25) is 9.59 Å². The van der Waals surface area contributed by atoms with Crippen molar-refractivity contribution >= 4 is 46.5 Å². The number of carbonyl (C=O) groups excluding carboxylic acids is 2. The minimum absolute atomic E-state index is 0.00611. The molecule has 0 radical (unpaired) electrons. The normalized spacial score (nSPS) is 16.3. The molecule has 0 aromatic heterocycles. The Balaban J connectivity index is 0.000000384. The largest absolute Gasteiger partial charge is 0.348 e. The number of anilines is 1. The summed E-state index contributed by atoms with van der Waals surface area (Å²) >= 11 is 11.5. The molecule has 0 spiro atoms. The lowest BCUT2D eigenvalue weighted by molar-refractivity contribution is -0.134. The standard InChI is InChI=1S/C19H26ClN5O2.C6H5Cl.C4H8/c1-23(2)9-4-10-25-18(26)13-24-12-14(7-8-17(24)22-25)19(27)21-16-6-3-5-15(20)11-16;7-6-4-2-1-3-5-6;1-3-4-2/h3,5-6,11,14H,4,7-10,12-13H2,1-2H3,(H,21,27);1-5H;3H,1,4H2,2H3. The van der Waals surface area contributed by atoms with Crippen molar-refractivity contribution in [1.82, 2.24) is 14.8 Å². The van der Waals surface area contributed by atoms with Crippen LogP contribution < -0.4 is 5.32 Å². The number of allylic oxidation sites excluding steroid dienone is 1. The van der Waals surface area contributed by atoms with Crippen molar-refractivity contribution in [2.45, 2.75) is 32.6 Å². The second-order valence-corrected chi connectivity index (χ2v) is 10.2. The van der Waals surface area contributed by atoms with Gasteiger partial charge in [0, 0.05) is 35.2 Å². The molecule has 2 aromatic rings. The molecule has 9 heteroatoms. The number of carbonyl (C=O) groups is 2. The molecule has 0 saturated carbocycles. The van der Waals surface area contributed by atoms with Crippen molar-refractivity contribution in [3.05, 3.63) is 77.3 Å². The molecule has 0 bridgehead atoms. The van der Waals surface area contributed by atoms with Gasteiger partial charge in [0.25, 0.3) is 5.91 Å². The van der Waals surface area contributed by atoms with E-state index in [9.17, 15) is 9.59 Å². The van der Waals surface area contributed by atoms with Gasteiger partial charge >= 0.3 is 0 Å². The van der Waals surface area contributed by atoms with E-state index in [2.05, 4.69) is 28.8 Å². The Kier molecular flexibility index (Phi) is 13.9. The van der Waals surface area contributed by atoms with E-state index in [1.807, 2.05) is 61.5 Å². The van der Waals surface area contributed by atoms with Crippen LogP contribution in [0.15, 0.2) is 72.4 Å². The summed E-state index contributed by atoms with van der Waals surface area (Å²) in [6.07, 6.45) is 5.27. The van der Waals surface area contributed by atoms with Crippen LogP contribution in [0.1, 0.15) is 32.6 Å². The zero-order valence-corrected chi connectivity index (χ0v) is 24.1. The molecular formula is C29H39Cl2N5O2. The van der Waals surface area contributed by atoms with Crippen LogP contribution in [0.5, 0.6) is 0 Å². The lowest BCUT2D eigenvalue weighted by atomic mass is 9.95. The van der Waals surface area contributed by atoms with E-state index >= 15 is 0 Å². The maximum absolute atomic E-state index is 12.6. The first-order chi connectivity index (χ1) is 18.2. The lowest BCUT2D eigenvalue weighted by Crippen LogP contribution is -2.52. The molecule has 4 rings (SSSR count). The Bertz CT molecular complexity index is 1060. The number of hydrogen-bond donors (Lipinski definition) is 1. The Morgan fingerprint density at radius 2 is 1.84 bits per heavy atom. The maximum atomic E-state index is 12.6. The van der Waals surface area contributed by atoms with Crippen molar-refractivity contribution in [3.63, 3.8) is 0 Å². The highest BCUT2D eigenvalue weighted by Gasteiger charge is 2.34. The number of fused-ring (bicyclic) bond motifs is 1. The van der Waals surface area contributed by atoms with Gasteiger partial charge in [-0.25, -0.2) is 5.01 Å². The highest BCUT2D eigenvalue weighted by molar-refractivity contribution is 6.31. The molecule has 7 nitrogen and oxygen atoms in total. The van der Waals surface area contributed by atoms with E-state index in [4.69, 9.17) is 23.2 Å². The van der Waals surface area contributed by atoms with Gasteiger partial charge in [0.2, 0.25) is 5.91 Å². The molecule has 38 heavy (non-hydrogen) atoms. The SMILES string of the molecule is C=CCC.CN(C)CCCN1N=C2CCC(C(=O)Nc3cccc(Cl)c3)CN2CC1=O.Clc1ccccc1. The monoisotopic (exact) mass is 559 g/mol. The molecule has 0 aliphatic carbocycles. The number of hydrogen-bond acceptors (Lipinski definition) is 5. The molecule has 2 aromatic carbocycles. The quantitative estimate of drug-likeness (QED) is 0.421. The van der Waals surface area contributed by atoms with Crippen LogP contribution in [0.4, 0.5) is 5.69 Å². The van der Waals surface area contributed by atoms with Gasteiger partial charge in [-0.1, -0.05) is 60.5 Å². The fraction of sp³-hybridized carbons (Fsp3) is 0.414. The summed E-state index contributed by atoms with van der Waals surface area (Å²) in [4.78, 5) is 29.0. The molecular weight excluding hydrogens is 521 g/mol. The molecule has 1 unspecified atom stereocenters. The molecule has 1 atom stereocenters. The average Bonchev–Trinajstić information content (AvgIpc) is 2.89. The van der Waals surface area contributed by atoms with Crippen LogP contribution in [0.25, 0.3) is 0 Å². The van der Waals surface area contributed by atoms with E-state index in [0.29, 0.717) is 36.8 Å². The highest BCUT2D eigenvalue weighted by Crippen LogP contribution is 2.24. The van der Waals surface area contributed by atoms with Crippen molar-refractivity contribution in [2.75, 3.05) is 45.6 Å². The number of hydrazone groups is 1. The molecule has 1 fully saturated rings. The van der Waals surface area contributed by atoms with E-state index in [0.717, 1.165) is 36.7 Å². The maximum Gasteiger partial charge on any atom is 0.262 e. The van der Waals surface area contributed by atoms with Gasteiger partial charge in [0.1, 0.15) is 12.4 Å². The number of amidine groups is 1. The molecule has 1 N–H and O–H groups in total. The summed E-state index contributed by atoms with van der Waals surface area (Å²) in [6.45, 7) is 7.90. The topological polar surface area (TPSA) is 68.2 Å². The van der Waals surface area contributed by atoms with Crippen LogP contribution in [0.3, 0.4) is 0 Å². The fourth-order valence-electron chi connectivity index (χ4n) is 3.78. The van der Waals surface area contributed by atoms with Crippen molar-refractivity contribution in [1.29, 1.82) is 0 Å². The van der Waals surface area contributed by atoms with Crippen LogP contribution in [-0.2, 0) is 9.59 Å². The van der Waals surface area contributed by atoms with Crippen LogP contribution in [-0.4, -0.2) is 72.7 Å². The molecule has 2 aliphatic heterocycles. The van der Waals surface area contributed by atoms with Crippen molar-refractivity contribution < 1.29 is 9.59 Å². The molecule has 206 valence electrons. The average molecular weight is 561 g/mol. The van der Waals surface area contributed by atoms with Gasteiger partial charge in [0.05, 0.1) is 5.92 Å². The summed E-state index contributed by atoms with van der Waals surface area (Å²) in [6, 6.07) is 16.6. The number of halogens is 2. The summed E-state index contributed by atoms with van der Waals surface area (Å²) in [5.74, 6) is 0.688. The second-order valence-electron chi connectivity index (χ2n) is 9.30. The highest BCUT2D eigenvalue weighted by atomic mass is 35.5. The number of rotatable bonds is 7. The number of piperidine rings is 1. The zero-order valence-electron chi connectivity index (χ0n) is 22.6. The van der Waals surface area contributed by atoms with Gasteiger partial charge < -0.3 is 15.1 Å². The number of benzene rings is 2. The predicted molar refractivity (Wildman–Crippen MR) is 159 cm³/mol. The molecule has 2 aliphatic rings. The van der Waals surface area contributed by atoms with E-state index in [1.54, 1.807) is 23.2 Å². The molecule has 2 heterocycles. The Labute approximate surface area is 237 Å². The van der Waals surface area contributed by atoms with Crippen LogP contribution >= 0.6 is 23.2 Å². The van der Waals surface area contributed by atoms with Crippen LogP contribution in [0.2, 0.25) is 10.0 Å². The van der Waals surface area contributed by atoms with Gasteiger partial charge in [-0.2, -0.15) is 5.10 Å². The summed E-state index contributed by atoms with van der Waals surface area (Å²) < 4.78 is 0. The Morgan fingerprint density at radius 3 is 2.42 bits per heavy atom. The minimum Gasteiger partial charge on any atom is -0.348 e. The Morgan fingerprint density at radius 1 is 1.16 bits per heavy atom. The number of nitrogens with one attached hydrogen (secondary N) is 1. The van der Waals surface area contributed by atoms with E-state index in [1.165, 1.54) is 0 Å². The number of nitrogens with zero attached hydrogens (tertiary/aromatic N) is 4. The smallest absolute Gasteiger partial charge is 0.262 e. The summed E-state index contributed by atoms with van der Waals surface area (Å²) in [5, 5.41) is 10.4. The third-order valence-corrected chi connectivity index (χ3v) is 6.32.